The molecule has 0 amide bonds. The van der Waals surface area contributed by atoms with Gasteiger partial charge in [0, 0.05) is 42.1 Å². The zero-order chi connectivity index (χ0) is 14.6. The molecule has 0 aromatic carbocycles. The van der Waals surface area contributed by atoms with E-state index in [1.54, 1.807) is 0 Å². The lowest BCUT2D eigenvalue weighted by Gasteiger charge is -2.30. The molecule has 5 rings (SSSR count). The van der Waals surface area contributed by atoms with E-state index in [-0.39, 0.29) is 0 Å². The Bertz CT molecular complexity index is 909. The fourth-order valence-corrected chi connectivity index (χ4v) is 7.47. The first kappa shape index (κ1) is 12.3. The van der Waals surface area contributed by atoms with Crippen molar-refractivity contribution >= 4 is 24.4 Å². The highest BCUT2D eigenvalue weighted by Crippen LogP contribution is 2.64. The van der Waals surface area contributed by atoms with Crippen molar-refractivity contribution in [1.29, 1.82) is 0 Å². The van der Waals surface area contributed by atoms with E-state index < -0.39 is 7.19 Å². The van der Waals surface area contributed by atoms with Crippen LogP contribution in [0.2, 0.25) is 0 Å². The zero-order valence-corrected chi connectivity index (χ0v) is 13.1. The second-order valence-corrected chi connectivity index (χ2v) is 8.94. The van der Waals surface area contributed by atoms with Crippen molar-refractivity contribution < 1.29 is 0 Å². The van der Waals surface area contributed by atoms with Crippen molar-refractivity contribution in [2.45, 2.75) is 0 Å². The number of thioether (sulfide) groups is 1. The van der Waals surface area contributed by atoms with Gasteiger partial charge in [0.15, 0.2) is 0 Å². The molecule has 0 atom stereocenters. The first-order chi connectivity index (χ1) is 10.9. The summed E-state index contributed by atoms with van der Waals surface area (Å²) in [6, 6.07) is 0. The van der Waals surface area contributed by atoms with Gasteiger partial charge in [-0.2, -0.15) is 0 Å². The molecule has 0 saturated carbocycles. The summed E-state index contributed by atoms with van der Waals surface area (Å²) in [4.78, 5) is 15.4. The molecule has 0 radical (unpaired) electrons. The van der Waals surface area contributed by atoms with Crippen molar-refractivity contribution in [3.05, 3.63) is 77.9 Å². The van der Waals surface area contributed by atoms with Crippen LogP contribution in [-0.2, 0) is 0 Å². The maximum absolute atomic E-state index is 4.27. The standard InChI is InChI=1S/C14H11N6PS/c1-8-21(19-6-3-16-10-19,20-7-4-17-11-20)14(13-12(1)22-13)18-5-2-15-9-18/h1-11H. The highest BCUT2D eigenvalue weighted by Gasteiger charge is 2.38. The van der Waals surface area contributed by atoms with E-state index in [1.807, 2.05) is 67.9 Å². The van der Waals surface area contributed by atoms with Crippen LogP contribution < -0.4 is 0 Å². The van der Waals surface area contributed by atoms with E-state index in [9.17, 15) is 0 Å². The van der Waals surface area contributed by atoms with Crippen LogP contribution in [0.3, 0.4) is 0 Å². The van der Waals surface area contributed by atoms with Crippen molar-refractivity contribution in [2.75, 3.05) is 0 Å². The molecule has 0 N–H and O–H groups in total. The van der Waals surface area contributed by atoms with Gasteiger partial charge in [-0.25, -0.2) is 15.0 Å². The molecule has 0 aliphatic carbocycles. The Morgan fingerprint density at radius 3 is 2.14 bits per heavy atom. The summed E-state index contributed by atoms with van der Waals surface area (Å²) >= 11 is 1.82. The van der Waals surface area contributed by atoms with Crippen molar-refractivity contribution in [3.8, 4) is 0 Å². The van der Waals surface area contributed by atoms with E-state index in [4.69, 9.17) is 0 Å². The molecule has 2 aliphatic heterocycles. The summed E-state index contributed by atoms with van der Waals surface area (Å²) < 4.78 is 6.51. The van der Waals surface area contributed by atoms with Gasteiger partial charge < -0.3 is 4.57 Å². The average Bonchev–Trinajstić information content (AvgIpc) is 3.09. The Hall–Kier alpha value is -2.24. The number of imidazole rings is 3. The topological polar surface area (TPSA) is 53.5 Å². The van der Waals surface area contributed by atoms with Gasteiger partial charge >= 0.3 is 0 Å². The number of rotatable bonds is 3. The van der Waals surface area contributed by atoms with Gasteiger partial charge in [0.25, 0.3) is 0 Å². The second kappa shape index (κ2) is 4.38. The number of hydrogen-bond acceptors (Lipinski definition) is 4. The van der Waals surface area contributed by atoms with E-state index in [2.05, 4.69) is 40.1 Å². The largest absolute Gasteiger partial charge is 0.302 e. The first-order valence-electron chi connectivity index (χ1n) is 6.73. The van der Waals surface area contributed by atoms with Crippen LogP contribution in [0.15, 0.2) is 77.9 Å². The monoisotopic (exact) mass is 326 g/mol. The highest BCUT2D eigenvalue weighted by molar-refractivity contribution is 8.15. The molecule has 8 heteroatoms. The third kappa shape index (κ3) is 1.55. The lowest BCUT2D eigenvalue weighted by Crippen LogP contribution is -2.18. The summed E-state index contributed by atoms with van der Waals surface area (Å²) in [6.07, 6.45) is 19.3. The molecule has 6 nitrogen and oxygen atoms in total. The van der Waals surface area contributed by atoms with Crippen LogP contribution in [0.25, 0.3) is 0 Å². The number of allylic oxidation sites excluding steroid dienone is 2. The molecule has 3 aromatic heterocycles. The molecule has 0 fully saturated rings. The Labute approximate surface area is 130 Å². The average molecular weight is 326 g/mol. The summed E-state index contributed by atoms with van der Waals surface area (Å²) in [6.45, 7) is 0. The van der Waals surface area contributed by atoms with Crippen LogP contribution in [0.5, 0.6) is 0 Å². The Balaban J connectivity index is 1.96. The van der Waals surface area contributed by atoms with Gasteiger partial charge in [-0.1, -0.05) is 11.8 Å². The molecule has 3 aromatic rings. The predicted molar refractivity (Wildman–Crippen MR) is 88.6 cm³/mol. The molecule has 0 spiro atoms. The smallest absolute Gasteiger partial charge is 0.118 e. The van der Waals surface area contributed by atoms with Crippen LogP contribution in [-0.4, -0.2) is 33.6 Å². The SMILES string of the molecule is C1=CP(n2ccnc2)(n2ccnc2)=C(n2ccnc2)C2=C1S2. The normalized spacial score (nSPS) is 18.6. The highest BCUT2D eigenvalue weighted by atomic mass is 32.2. The third-order valence-electron chi connectivity index (χ3n) is 3.78. The quantitative estimate of drug-likeness (QED) is 0.695. The Morgan fingerprint density at radius 1 is 0.864 bits per heavy atom. The van der Waals surface area contributed by atoms with E-state index in [0.29, 0.717) is 0 Å². The van der Waals surface area contributed by atoms with E-state index in [0.717, 1.165) is 0 Å². The minimum absolute atomic E-state index is 1.25. The number of aromatic nitrogens is 6. The zero-order valence-electron chi connectivity index (χ0n) is 11.4. The summed E-state index contributed by atoms with van der Waals surface area (Å²) in [7, 11) is -2.02. The minimum Gasteiger partial charge on any atom is -0.302 e. The van der Waals surface area contributed by atoms with Crippen molar-refractivity contribution in [3.63, 3.8) is 0 Å². The fraction of sp³-hybridized carbons (Fsp3) is 0. The van der Waals surface area contributed by atoms with Crippen LogP contribution in [0.1, 0.15) is 0 Å². The van der Waals surface area contributed by atoms with Crippen molar-refractivity contribution in [1.82, 2.24) is 28.2 Å². The number of hydrogen-bond donors (Lipinski definition) is 0. The summed E-state index contributed by atoms with van der Waals surface area (Å²) in [5, 5.41) is 0. The molecule has 0 saturated heterocycles. The maximum Gasteiger partial charge on any atom is 0.118 e. The summed E-state index contributed by atoms with van der Waals surface area (Å²) in [5.41, 5.74) is 1.25. The fourth-order valence-electron chi connectivity index (χ4n) is 2.77. The molecule has 22 heavy (non-hydrogen) atoms. The molecule has 108 valence electrons. The predicted octanol–water partition coefficient (Wildman–Crippen LogP) is 2.68. The van der Waals surface area contributed by atoms with Gasteiger partial charge in [-0.05, 0) is 11.9 Å². The van der Waals surface area contributed by atoms with Gasteiger partial charge in [-0.3, -0.25) is 8.68 Å². The molecular formula is C14H11N6PS. The molecule has 0 bridgehead atoms. The van der Waals surface area contributed by atoms with Crippen molar-refractivity contribution in [2.24, 2.45) is 0 Å². The van der Waals surface area contributed by atoms with E-state index in [1.165, 1.54) is 15.2 Å². The minimum atomic E-state index is -2.02. The van der Waals surface area contributed by atoms with Crippen LogP contribution >= 0.6 is 18.9 Å². The van der Waals surface area contributed by atoms with Gasteiger partial charge in [0.1, 0.15) is 12.6 Å². The molecular weight excluding hydrogens is 315 g/mol. The third-order valence-corrected chi connectivity index (χ3v) is 8.43. The van der Waals surface area contributed by atoms with Crippen LogP contribution in [0.4, 0.5) is 0 Å². The van der Waals surface area contributed by atoms with Gasteiger partial charge in [-0.15, -0.1) is 0 Å². The number of nitrogens with zero attached hydrogens (tertiary/aromatic N) is 6. The first-order valence-corrected chi connectivity index (χ1v) is 9.31. The summed E-state index contributed by atoms with van der Waals surface area (Å²) in [5.74, 6) is 2.30. The molecule has 0 unspecified atom stereocenters. The van der Waals surface area contributed by atoms with Gasteiger partial charge in [0.2, 0.25) is 0 Å². The lowest BCUT2D eigenvalue weighted by atomic mass is 10.4. The second-order valence-electron chi connectivity index (χ2n) is 4.94. The lowest BCUT2D eigenvalue weighted by molar-refractivity contribution is 1.09. The van der Waals surface area contributed by atoms with E-state index >= 15 is 0 Å². The molecule has 5 heterocycles. The molecule has 2 aliphatic rings. The van der Waals surface area contributed by atoms with Crippen LogP contribution in [0, 0.1) is 0 Å². The Morgan fingerprint density at radius 2 is 1.55 bits per heavy atom. The Kier molecular flexibility index (Phi) is 2.45. The van der Waals surface area contributed by atoms with Gasteiger partial charge in [0.05, 0.1) is 23.9 Å². The maximum atomic E-state index is 4.27.